The number of carbonyl (C=O) groups is 1. The van der Waals surface area contributed by atoms with Gasteiger partial charge in [-0.05, 0) is 58.3 Å². The molecule has 2 saturated heterocycles. The Morgan fingerprint density at radius 1 is 1.23 bits per heavy atom. The fraction of sp³-hybridized carbons (Fsp3) is 0.941. The zero-order valence-electron chi connectivity index (χ0n) is 14.5. The molecule has 0 aliphatic carbocycles. The van der Waals surface area contributed by atoms with Gasteiger partial charge in [0.2, 0.25) is 0 Å². The largest absolute Gasteiger partial charge is 0.444 e. The SMILES string of the molecule is CO[C@H]1COCC[C@H]1CC1CCN(C(=O)OC(C)(C)C)CC1. The van der Waals surface area contributed by atoms with Gasteiger partial charge in [-0.15, -0.1) is 0 Å². The van der Waals surface area contributed by atoms with Crippen LogP contribution < -0.4 is 0 Å². The summed E-state index contributed by atoms with van der Waals surface area (Å²) in [6, 6.07) is 0. The van der Waals surface area contributed by atoms with Gasteiger partial charge in [0.05, 0.1) is 12.7 Å². The van der Waals surface area contributed by atoms with Gasteiger partial charge in [-0.2, -0.15) is 0 Å². The molecule has 128 valence electrons. The van der Waals surface area contributed by atoms with E-state index in [0.717, 1.165) is 45.6 Å². The highest BCUT2D eigenvalue weighted by Crippen LogP contribution is 2.31. The molecule has 0 N–H and O–H groups in total. The lowest BCUT2D eigenvalue weighted by Crippen LogP contribution is -2.43. The molecule has 0 saturated carbocycles. The van der Waals surface area contributed by atoms with Crippen LogP contribution in [-0.4, -0.2) is 56.1 Å². The van der Waals surface area contributed by atoms with Crippen molar-refractivity contribution in [2.75, 3.05) is 33.4 Å². The van der Waals surface area contributed by atoms with Gasteiger partial charge in [0.15, 0.2) is 0 Å². The number of hydrogen-bond donors (Lipinski definition) is 0. The fourth-order valence-corrected chi connectivity index (χ4v) is 3.39. The number of hydrogen-bond acceptors (Lipinski definition) is 4. The molecule has 0 spiro atoms. The standard InChI is InChI=1S/C17H31NO4/c1-17(2,3)22-16(19)18-8-5-13(6-9-18)11-14-7-10-21-12-15(14)20-4/h13-15H,5-12H2,1-4H3/t14-,15-/m0/s1. The van der Waals surface area contributed by atoms with E-state index in [1.165, 1.54) is 6.42 Å². The first-order valence-corrected chi connectivity index (χ1v) is 8.47. The Labute approximate surface area is 134 Å². The summed E-state index contributed by atoms with van der Waals surface area (Å²) in [5.41, 5.74) is -0.415. The molecule has 2 aliphatic rings. The molecule has 2 heterocycles. The topological polar surface area (TPSA) is 48.0 Å². The van der Waals surface area contributed by atoms with Gasteiger partial charge in [-0.25, -0.2) is 4.79 Å². The van der Waals surface area contributed by atoms with Crippen LogP contribution in [0.15, 0.2) is 0 Å². The van der Waals surface area contributed by atoms with E-state index >= 15 is 0 Å². The average Bonchev–Trinajstić information content (AvgIpc) is 2.47. The van der Waals surface area contributed by atoms with E-state index in [0.29, 0.717) is 11.8 Å². The zero-order chi connectivity index (χ0) is 16.2. The van der Waals surface area contributed by atoms with Crippen molar-refractivity contribution < 1.29 is 19.0 Å². The quantitative estimate of drug-likeness (QED) is 0.803. The highest BCUT2D eigenvalue weighted by atomic mass is 16.6. The smallest absolute Gasteiger partial charge is 0.410 e. The van der Waals surface area contributed by atoms with Crippen LogP contribution in [0.5, 0.6) is 0 Å². The van der Waals surface area contributed by atoms with Gasteiger partial charge in [0, 0.05) is 26.8 Å². The first-order valence-electron chi connectivity index (χ1n) is 8.47. The van der Waals surface area contributed by atoms with Crippen LogP contribution in [0.4, 0.5) is 4.79 Å². The summed E-state index contributed by atoms with van der Waals surface area (Å²) in [5.74, 6) is 1.27. The molecule has 0 radical (unpaired) electrons. The Bertz CT molecular complexity index is 358. The maximum absolute atomic E-state index is 12.1. The third-order valence-electron chi connectivity index (χ3n) is 4.65. The van der Waals surface area contributed by atoms with Crippen molar-refractivity contribution in [2.45, 2.75) is 58.2 Å². The van der Waals surface area contributed by atoms with E-state index in [4.69, 9.17) is 14.2 Å². The molecule has 1 amide bonds. The number of carbonyl (C=O) groups excluding carboxylic acids is 1. The van der Waals surface area contributed by atoms with Crippen molar-refractivity contribution in [3.8, 4) is 0 Å². The highest BCUT2D eigenvalue weighted by molar-refractivity contribution is 5.68. The summed E-state index contributed by atoms with van der Waals surface area (Å²) in [7, 11) is 1.78. The number of likely N-dealkylation sites (tertiary alicyclic amines) is 1. The Kier molecular flexibility index (Phi) is 6.09. The molecule has 0 aromatic rings. The molecule has 0 aromatic carbocycles. The Morgan fingerprint density at radius 3 is 2.50 bits per heavy atom. The van der Waals surface area contributed by atoms with Crippen molar-refractivity contribution in [3.05, 3.63) is 0 Å². The second kappa shape index (κ2) is 7.64. The van der Waals surface area contributed by atoms with Crippen molar-refractivity contribution in [3.63, 3.8) is 0 Å². The predicted octanol–water partition coefficient (Wildman–Crippen LogP) is 3.08. The van der Waals surface area contributed by atoms with Crippen molar-refractivity contribution in [1.82, 2.24) is 4.90 Å². The number of amides is 1. The molecular weight excluding hydrogens is 282 g/mol. The Balaban J connectivity index is 1.76. The van der Waals surface area contributed by atoms with Crippen LogP contribution in [0.1, 0.15) is 46.5 Å². The second-order valence-corrected chi connectivity index (χ2v) is 7.54. The molecule has 2 fully saturated rings. The number of nitrogens with zero attached hydrogens (tertiary/aromatic N) is 1. The molecule has 2 aliphatic heterocycles. The molecule has 0 bridgehead atoms. The third kappa shape index (κ3) is 5.13. The maximum atomic E-state index is 12.1. The molecule has 0 unspecified atom stereocenters. The van der Waals surface area contributed by atoms with Crippen LogP contribution in [0, 0.1) is 11.8 Å². The van der Waals surface area contributed by atoms with Crippen LogP contribution in [0.25, 0.3) is 0 Å². The van der Waals surface area contributed by atoms with E-state index in [-0.39, 0.29) is 12.2 Å². The van der Waals surface area contributed by atoms with Crippen LogP contribution in [0.3, 0.4) is 0 Å². The van der Waals surface area contributed by atoms with Crippen molar-refractivity contribution in [2.24, 2.45) is 11.8 Å². The monoisotopic (exact) mass is 313 g/mol. The molecule has 22 heavy (non-hydrogen) atoms. The minimum absolute atomic E-state index is 0.174. The normalized spacial score (nSPS) is 27.7. The summed E-state index contributed by atoms with van der Waals surface area (Å²) >= 11 is 0. The van der Waals surface area contributed by atoms with E-state index in [1.807, 2.05) is 25.7 Å². The van der Waals surface area contributed by atoms with Crippen LogP contribution >= 0.6 is 0 Å². The van der Waals surface area contributed by atoms with Gasteiger partial charge in [0.25, 0.3) is 0 Å². The van der Waals surface area contributed by atoms with Gasteiger partial charge >= 0.3 is 6.09 Å². The summed E-state index contributed by atoms with van der Waals surface area (Å²) in [6.07, 6.45) is 4.46. The van der Waals surface area contributed by atoms with Crippen LogP contribution in [-0.2, 0) is 14.2 Å². The lowest BCUT2D eigenvalue weighted by atomic mass is 9.82. The van der Waals surface area contributed by atoms with Gasteiger partial charge in [-0.1, -0.05) is 0 Å². The fourth-order valence-electron chi connectivity index (χ4n) is 3.39. The molecule has 2 atom stereocenters. The number of piperidine rings is 1. The van der Waals surface area contributed by atoms with Crippen LogP contribution in [0.2, 0.25) is 0 Å². The summed E-state index contributed by atoms with van der Waals surface area (Å²) in [4.78, 5) is 13.9. The minimum Gasteiger partial charge on any atom is -0.444 e. The van der Waals surface area contributed by atoms with Crippen molar-refractivity contribution >= 4 is 6.09 Å². The van der Waals surface area contributed by atoms with Gasteiger partial charge in [0.1, 0.15) is 5.60 Å². The van der Waals surface area contributed by atoms with Gasteiger partial charge in [-0.3, -0.25) is 0 Å². The summed E-state index contributed by atoms with van der Waals surface area (Å²) < 4.78 is 16.5. The summed E-state index contributed by atoms with van der Waals surface area (Å²) in [6.45, 7) is 8.91. The zero-order valence-corrected chi connectivity index (χ0v) is 14.5. The molecule has 5 nitrogen and oxygen atoms in total. The number of methoxy groups -OCH3 is 1. The van der Waals surface area contributed by atoms with Gasteiger partial charge < -0.3 is 19.1 Å². The summed E-state index contributed by atoms with van der Waals surface area (Å²) in [5, 5.41) is 0. The van der Waals surface area contributed by atoms with E-state index in [2.05, 4.69) is 0 Å². The van der Waals surface area contributed by atoms with E-state index < -0.39 is 5.60 Å². The maximum Gasteiger partial charge on any atom is 0.410 e. The molecule has 5 heteroatoms. The second-order valence-electron chi connectivity index (χ2n) is 7.54. The molecular formula is C17H31NO4. The van der Waals surface area contributed by atoms with E-state index in [1.54, 1.807) is 7.11 Å². The van der Waals surface area contributed by atoms with Crippen molar-refractivity contribution in [1.29, 1.82) is 0 Å². The average molecular weight is 313 g/mol. The van der Waals surface area contributed by atoms with E-state index in [9.17, 15) is 4.79 Å². The highest BCUT2D eigenvalue weighted by Gasteiger charge is 2.31. The predicted molar refractivity (Wildman–Crippen MR) is 84.9 cm³/mol. The Hall–Kier alpha value is -0.810. The molecule has 2 rings (SSSR count). The number of rotatable bonds is 3. The Morgan fingerprint density at radius 2 is 1.91 bits per heavy atom. The lowest BCUT2D eigenvalue weighted by Gasteiger charge is -2.37. The lowest BCUT2D eigenvalue weighted by molar-refractivity contribution is -0.0729. The molecule has 0 aromatic heterocycles. The number of ether oxygens (including phenoxy) is 3. The first-order chi connectivity index (χ1) is 10.4. The minimum atomic E-state index is -0.415. The first kappa shape index (κ1) is 17.5. The third-order valence-corrected chi connectivity index (χ3v) is 4.65.